The summed E-state index contributed by atoms with van der Waals surface area (Å²) in [5.41, 5.74) is 1.10. The number of hydrogen-bond donors (Lipinski definition) is 3. The molecule has 3 rings (SSSR count). The first kappa shape index (κ1) is 14.9. The Morgan fingerprint density at radius 1 is 1.18 bits per heavy atom. The number of carbonyl (C=O) groups is 2. The smallest absolute Gasteiger partial charge is 0.315 e. The zero-order chi connectivity index (χ0) is 15.4. The predicted molar refractivity (Wildman–Crippen MR) is 84.2 cm³/mol. The normalized spacial score (nSPS) is 27.5. The molecule has 3 N–H and O–H groups in total. The lowest BCUT2D eigenvalue weighted by Crippen LogP contribution is -2.50. The largest absolute Gasteiger partial charge is 0.351 e. The molecule has 22 heavy (non-hydrogen) atoms. The number of carbonyl (C=O) groups excluding carboxylic acids is 2. The Morgan fingerprint density at radius 3 is 2.55 bits per heavy atom. The molecule has 3 amide bonds. The van der Waals surface area contributed by atoms with Crippen molar-refractivity contribution in [1.82, 2.24) is 16.0 Å². The number of urea groups is 1. The van der Waals surface area contributed by atoms with Crippen LogP contribution in [0.2, 0.25) is 0 Å². The maximum Gasteiger partial charge on any atom is 0.315 e. The van der Waals surface area contributed by atoms with Gasteiger partial charge in [0, 0.05) is 24.5 Å². The molecule has 0 atom stereocenters. The fraction of sp³-hybridized carbons (Fsp3) is 0.529. The molecule has 1 saturated carbocycles. The first-order valence-corrected chi connectivity index (χ1v) is 8.05. The van der Waals surface area contributed by atoms with Crippen molar-refractivity contribution >= 4 is 11.9 Å². The van der Waals surface area contributed by atoms with Crippen molar-refractivity contribution in [1.29, 1.82) is 0 Å². The number of rotatable bonds is 3. The van der Waals surface area contributed by atoms with Crippen LogP contribution in [0.25, 0.3) is 0 Å². The summed E-state index contributed by atoms with van der Waals surface area (Å²) in [5, 5.41) is 9.06. The quantitative estimate of drug-likeness (QED) is 0.800. The third kappa shape index (κ3) is 3.59. The Labute approximate surface area is 130 Å². The molecule has 5 nitrogen and oxygen atoms in total. The van der Waals surface area contributed by atoms with Gasteiger partial charge < -0.3 is 16.0 Å². The van der Waals surface area contributed by atoms with Gasteiger partial charge >= 0.3 is 6.03 Å². The zero-order valence-corrected chi connectivity index (χ0v) is 12.7. The zero-order valence-electron chi connectivity index (χ0n) is 12.7. The van der Waals surface area contributed by atoms with Crippen molar-refractivity contribution < 1.29 is 9.59 Å². The van der Waals surface area contributed by atoms with Crippen molar-refractivity contribution in [2.45, 2.75) is 56.7 Å². The summed E-state index contributed by atoms with van der Waals surface area (Å²) >= 11 is 0. The van der Waals surface area contributed by atoms with E-state index in [-0.39, 0.29) is 23.5 Å². The Bertz CT molecular complexity index is 536. The van der Waals surface area contributed by atoms with Crippen LogP contribution in [-0.4, -0.2) is 23.5 Å². The molecule has 1 aromatic carbocycles. The standard InChI is InChI=1S/C17H23N3O2/c21-15-8-11-17(20-15)9-6-14(7-10-17)19-16(22)18-12-13-4-2-1-3-5-13/h1-5,14H,6-12H2,(H,20,21)(H2,18,19,22). The molecule has 1 saturated heterocycles. The minimum absolute atomic E-state index is 0.00970. The average Bonchev–Trinajstić information content (AvgIpc) is 2.90. The van der Waals surface area contributed by atoms with Gasteiger partial charge in [-0.15, -0.1) is 0 Å². The molecule has 0 unspecified atom stereocenters. The van der Waals surface area contributed by atoms with Gasteiger partial charge in [-0.2, -0.15) is 0 Å². The molecule has 1 aliphatic carbocycles. The molecule has 5 heteroatoms. The van der Waals surface area contributed by atoms with E-state index >= 15 is 0 Å². The average molecular weight is 301 g/mol. The van der Waals surface area contributed by atoms with E-state index in [9.17, 15) is 9.59 Å². The number of benzene rings is 1. The molecule has 1 aromatic rings. The monoisotopic (exact) mass is 301 g/mol. The maximum absolute atomic E-state index is 12.0. The highest BCUT2D eigenvalue weighted by atomic mass is 16.2. The van der Waals surface area contributed by atoms with Crippen molar-refractivity contribution in [2.24, 2.45) is 0 Å². The summed E-state index contributed by atoms with van der Waals surface area (Å²) in [7, 11) is 0. The lowest BCUT2D eigenvalue weighted by Gasteiger charge is -2.37. The van der Waals surface area contributed by atoms with E-state index in [1.165, 1.54) is 0 Å². The number of amides is 3. The molecule has 2 aliphatic rings. The van der Waals surface area contributed by atoms with Crippen molar-refractivity contribution in [2.75, 3.05) is 0 Å². The third-order valence-electron chi connectivity index (χ3n) is 4.81. The van der Waals surface area contributed by atoms with Crippen molar-refractivity contribution in [3.05, 3.63) is 35.9 Å². The molecule has 1 spiro atoms. The fourth-order valence-corrected chi connectivity index (χ4v) is 3.48. The third-order valence-corrected chi connectivity index (χ3v) is 4.81. The van der Waals surface area contributed by atoms with Gasteiger partial charge in [0.15, 0.2) is 0 Å². The van der Waals surface area contributed by atoms with E-state index in [4.69, 9.17) is 0 Å². The summed E-state index contributed by atoms with van der Waals surface area (Å²) in [6.07, 6.45) is 5.37. The van der Waals surface area contributed by atoms with E-state index in [0.717, 1.165) is 37.7 Å². The molecule has 118 valence electrons. The Kier molecular flexibility index (Phi) is 4.32. The van der Waals surface area contributed by atoms with Gasteiger partial charge in [0.1, 0.15) is 0 Å². The van der Waals surface area contributed by atoms with Crippen molar-refractivity contribution in [3.63, 3.8) is 0 Å². The van der Waals surface area contributed by atoms with E-state index < -0.39 is 0 Å². The second-order valence-corrected chi connectivity index (χ2v) is 6.42. The van der Waals surface area contributed by atoms with E-state index in [1.54, 1.807) is 0 Å². The van der Waals surface area contributed by atoms with Crippen LogP contribution in [0, 0.1) is 0 Å². The van der Waals surface area contributed by atoms with Crippen LogP contribution in [0.3, 0.4) is 0 Å². The van der Waals surface area contributed by atoms with E-state index in [2.05, 4.69) is 16.0 Å². The van der Waals surface area contributed by atoms with Crippen LogP contribution in [0.4, 0.5) is 4.79 Å². The van der Waals surface area contributed by atoms with Crippen LogP contribution >= 0.6 is 0 Å². The minimum atomic E-state index is -0.111. The highest BCUT2D eigenvalue weighted by Gasteiger charge is 2.40. The molecule has 0 aromatic heterocycles. The molecular formula is C17H23N3O2. The predicted octanol–water partition coefficient (Wildman–Crippen LogP) is 2.08. The molecule has 0 bridgehead atoms. The lowest BCUT2D eigenvalue weighted by molar-refractivity contribution is -0.120. The summed E-state index contributed by atoms with van der Waals surface area (Å²) in [4.78, 5) is 23.4. The van der Waals surface area contributed by atoms with Gasteiger partial charge in [-0.1, -0.05) is 30.3 Å². The molecule has 0 radical (unpaired) electrons. The summed E-state index contributed by atoms with van der Waals surface area (Å²) in [5.74, 6) is 0.173. The lowest BCUT2D eigenvalue weighted by atomic mass is 9.78. The van der Waals surface area contributed by atoms with Gasteiger partial charge in [0.25, 0.3) is 0 Å². The fourth-order valence-electron chi connectivity index (χ4n) is 3.48. The van der Waals surface area contributed by atoms with Crippen LogP contribution in [0.15, 0.2) is 30.3 Å². The van der Waals surface area contributed by atoms with Gasteiger partial charge in [0.2, 0.25) is 5.91 Å². The van der Waals surface area contributed by atoms with Crippen LogP contribution < -0.4 is 16.0 Å². The second kappa shape index (κ2) is 6.38. The van der Waals surface area contributed by atoms with E-state index in [0.29, 0.717) is 13.0 Å². The molecule has 1 aliphatic heterocycles. The van der Waals surface area contributed by atoms with Crippen LogP contribution in [-0.2, 0) is 11.3 Å². The van der Waals surface area contributed by atoms with Gasteiger partial charge in [-0.05, 0) is 37.7 Å². The minimum Gasteiger partial charge on any atom is -0.351 e. The number of nitrogens with one attached hydrogen (secondary N) is 3. The van der Waals surface area contributed by atoms with Crippen molar-refractivity contribution in [3.8, 4) is 0 Å². The topological polar surface area (TPSA) is 70.2 Å². The van der Waals surface area contributed by atoms with Gasteiger partial charge in [-0.25, -0.2) is 4.79 Å². The molecule has 2 fully saturated rings. The first-order chi connectivity index (χ1) is 10.7. The summed E-state index contributed by atoms with van der Waals surface area (Å²) in [6.45, 7) is 0.541. The van der Waals surface area contributed by atoms with Crippen LogP contribution in [0.1, 0.15) is 44.1 Å². The number of hydrogen-bond acceptors (Lipinski definition) is 2. The Balaban J connectivity index is 1.41. The van der Waals surface area contributed by atoms with Gasteiger partial charge in [-0.3, -0.25) is 4.79 Å². The molecule has 1 heterocycles. The van der Waals surface area contributed by atoms with E-state index in [1.807, 2.05) is 30.3 Å². The second-order valence-electron chi connectivity index (χ2n) is 6.42. The summed E-state index contributed by atoms with van der Waals surface area (Å²) in [6, 6.07) is 9.97. The van der Waals surface area contributed by atoms with Crippen LogP contribution in [0.5, 0.6) is 0 Å². The Hall–Kier alpha value is -2.04. The first-order valence-electron chi connectivity index (χ1n) is 8.05. The molecular weight excluding hydrogens is 278 g/mol. The van der Waals surface area contributed by atoms with Gasteiger partial charge in [0.05, 0.1) is 0 Å². The SMILES string of the molecule is O=C1CCC2(CCC(NC(=O)NCc3ccccc3)CC2)N1. The maximum atomic E-state index is 12.0. The summed E-state index contributed by atoms with van der Waals surface area (Å²) < 4.78 is 0. The highest BCUT2D eigenvalue weighted by molar-refractivity contribution is 5.79. The Morgan fingerprint density at radius 2 is 1.91 bits per heavy atom. The highest BCUT2D eigenvalue weighted by Crippen LogP contribution is 2.35.